The topological polar surface area (TPSA) is 56.2 Å². The summed E-state index contributed by atoms with van der Waals surface area (Å²) in [7, 11) is 0. The Bertz CT molecular complexity index is 774. The van der Waals surface area contributed by atoms with E-state index in [4.69, 9.17) is 9.84 Å². The van der Waals surface area contributed by atoms with Gasteiger partial charge in [0.05, 0.1) is 28.7 Å². The summed E-state index contributed by atoms with van der Waals surface area (Å²) in [4.78, 5) is 12.9. The second-order valence-corrected chi connectivity index (χ2v) is 7.60. The summed E-state index contributed by atoms with van der Waals surface area (Å²) in [6.45, 7) is 9.69. The highest BCUT2D eigenvalue weighted by Crippen LogP contribution is 2.22. The van der Waals surface area contributed by atoms with Gasteiger partial charge in [-0.15, -0.1) is 0 Å². The second-order valence-electron chi connectivity index (χ2n) is 7.60. The van der Waals surface area contributed by atoms with Gasteiger partial charge in [0.25, 0.3) is 5.91 Å². The number of rotatable bonds is 6. The van der Waals surface area contributed by atoms with Crippen LogP contribution in [0.25, 0.3) is 5.69 Å². The molecule has 1 aliphatic rings. The molecule has 5 heteroatoms. The number of hydrogen-bond donors (Lipinski definition) is 1. The highest BCUT2D eigenvalue weighted by atomic mass is 16.5. The van der Waals surface area contributed by atoms with Gasteiger partial charge in [-0.25, -0.2) is 4.68 Å². The van der Waals surface area contributed by atoms with Crippen LogP contribution in [0.5, 0.6) is 0 Å². The minimum absolute atomic E-state index is 0.0486. The van der Waals surface area contributed by atoms with Crippen LogP contribution in [-0.2, 0) is 11.2 Å². The van der Waals surface area contributed by atoms with Gasteiger partial charge in [-0.2, -0.15) is 5.10 Å². The largest absolute Gasteiger partial charge is 0.376 e. The van der Waals surface area contributed by atoms with E-state index in [1.54, 1.807) is 0 Å². The highest BCUT2D eigenvalue weighted by Gasteiger charge is 2.24. The highest BCUT2D eigenvalue weighted by molar-refractivity contribution is 5.96. The maximum atomic E-state index is 12.9. The maximum absolute atomic E-state index is 12.9. The first-order chi connectivity index (χ1) is 12.5. The Morgan fingerprint density at radius 3 is 2.85 bits per heavy atom. The molecular weight excluding hydrogens is 326 g/mol. The molecule has 3 rings (SSSR count). The van der Waals surface area contributed by atoms with E-state index in [1.165, 1.54) is 5.56 Å². The molecule has 1 N–H and O–H groups in total. The monoisotopic (exact) mass is 355 g/mol. The van der Waals surface area contributed by atoms with Gasteiger partial charge in [0.1, 0.15) is 0 Å². The van der Waals surface area contributed by atoms with Crippen LogP contribution < -0.4 is 5.32 Å². The lowest BCUT2D eigenvalue weighted by Gasteiger charge is -2.12. The summed E-state index contributed by atoms with van der Waals surface area (Å²) >= 11 is 0. The van der Waals surface area contributed by atoms with Gasteiger partial charge < -0.3 is 10.1 Å². The SMILES string of the molecule is Cc1cccc(-n2nc(CC(C)C)c(C(=O)NCC3CCCO3)c2C)c1. The van der Waals surface area contributed by atoms with E-state index in [0.29, 0.717) is 18.0 Å². The van der Waals surface area contributed by atoms with E-state index in [2.05, 4.69) is 38.2 Å². The average molecular weight is 355 g/mol. The van der Waals surface area contributed by atoms with Gasteiger partial charge >= 0.3 is 0 Å². The molecule has 0 bridgehead atoms. The molecule has 1 unspecified atom stereocenters. The van der Waals surface area contributed by atoms with Gasteiger partial charge in [0, 0.05) is 13.2 Å². The second kappa shape index (κ2) is 8.04. The standard InChI is InChI=1S/C21H29N3O2/c1-14(2)11-19-20(21(25)22-13-18-9-6-10-26-18)16(4)24(23-19)17-8-5-7-15(3)12-17/h5,7-8,12,14,18H,6,9-11,13H2,1-4H3,(H,22,25). The minimum atomic E-state index is -0.0486. The Morgan fingerprint density at radius 1 is 1.38 bits per heavy atom. The lowest BCUT2D eigenvalue weighted by Crippen LogP contribution is -2.32. The van der Waals surface area contributed by atoms with Crippen molar-refractivity contribution >= 4 is 5.91 Å². The first kappa shape index (κ1) is 18.6. The molecule has 1 saturated heterocycles. The minimum Gasteiger partial charge on any atom is -0.376 e. The van der Waals surface area contributed by atoms with Crippen molar-refractivity contribution in [3.05, 3.63) is 46.8 Å². The number of hydrogen-bond acceptors (Lipinski definition) is 3. The molecule has 2 aromatic rings. The van der Waals surface area contributed by atoms with Crippen molar-refractivity contribution in [3.8, 4) is 5.69 Å². The van der Waals surface area contributed by atoms with Crippen LogP contribution in [0.2, 0.25) is 0 Å². The Kier molecular flexibility index (Phi) is 5.77. The number of nitrogens with one attached hydrogen (secondary N) is 1. The fourth-order valence-electron chi connectivity index (χ4n) is 3.50. The van der Waals surface area contributed by atoms with Crippen LogP contribution in [0.3, 0.4) is 0 Å². The predicted molar refractivity (Wildman–Crippen MR) is 103 cm³/mol. The summed E-state index contributed by atoms with van der Waals surface area (Å²) < 4.78 is 7.51. The quantitative estimate of drug-likeness (QED) is 0.861. The van der Waals surface area contributed by atoms with E-state index < -0.39 is 0 Å². The van der Waals surface area contributed by atoms with Crippen molar-refractivity contribution in [2.45, 2.75) is 53.1 Å². The Balaban J connectivity index is 1.89. The molecule has 0 saturated carbocycles. The summed E-state index contributed by atoms with van der Waals surface area (Å²) in [5, 5.41) is 7.84. The van der Waals surface area contributed by atoms with Gasteiger partial charge in [-0.1, -0.05) is 26.0 Å². The van der Waals surface area contributed by atoms with Crippen molar-refractivity contribution < 1.29 is 9.53 Å². The van der Waals surface area contributed by atoms with Gasteiger partial charge in [0.2, 0.25) is 0 Å². The van der Waals surface area contributed by atoms with Gasteiger partial charge in [-0.3, -0.25) is 4.79 Å². The fraction of sp³-hybridized carbons (Fsp3) is 0.524. The van der Waals surface area contributed by atoms with E-state index in [0.717, 1.165) is 42.9 Å². The predicted octanol–water partition coefficient (Wildman–Crippen LogP) is 3.60. The van der Waals surface area contributed by atoms with Gasteiger partial charge in [-0.05, 0) is 56.7 Å². The van der Waals surface area contributed by atoms with Crippen molar-refractivity contribution in [2.75, 3.05) is 13.2 Å². The summed E-state index contributed by atoms with van der Waals surface area (Å²) in [5.74, 6) is 0.382. The molecule has 1 atom stereocenters. The number of ether oxygens (including phenoxy) is 1. The zero-order valence-corrected chi connectivity index (χ0v) is 16.2. The van der Waals surface area contributed by atoms with Gasteiger partial charge in [0.15, 0.2) is 0 Å². The fourth-order valence-corrected chi connectivity index (χ4v) is 3.50. The molecule has 0 aliphatic carbocycles. The number of carbonyl (C=O) groups is 1. The number of aromatic nitrogens is 2. The first-order valence-corrected chi connectivity index (χ1v) is 9.51. The van der Waals surface area contributed by atoms with Crippen molar-refractivity contribution in [1.29, 1.82) is 0 Å². The number of amides is 1. The van der Waals surface area contributed by atoms with E-state index in [1.807, 2.05) is 23.7 Å². The lowest BCUT2D eigenvalue weighted by atomic mass is 10.0. The van der Waals surface area contributed by atoms with Crippen molar-refractivity contribution in [2.24, 2.45) is 5.92 Å². The smallest absolute Gasteiger partial charge is 0.255 e. The molecule has 0 radical (unpaired) electrons. The van der Waals surface area contributed by atoms with E-state index in [9.17, 15) is 4.79 Å². The third-order valence-electron chi connectivity index (χ3n) is 4.78. The Hall–Kier alpha value is -2.14. The van der Waals surface area contributed by atoms with Crippen LogP contribution >= 0.6 is 0 Å². The number of carbonyl (C=O) groups excluding carboxylic acids is 1. The summed E-state index contributed by atoms with van der Waals surface area (Å²) in [6.07, 6.45) is 3.01. The number of benzene rings is 1. The van der Waals surface area contributed by atoms with Crippen molar-refractivity contribution in [1.82, 2.24) is 15.1 Å². The molecule has 1 fully saturated rings. The Labute approximate surface area is 155 Å². The maximum Gasteiger partial charge on any atom is 0.255 e. The van der Waals surface area contributed by atoms with E-state index >= 15 is 0 Å². The van der Waals surface area contributed by atoms with Crippen molar-refractivity contribution in [3.63, 3.8) is 0 Å². The van der Waals surface area contributed by atoms with Crippen LogP contribution in [0.1, 0.15) is 54.0 Å². The van der Waals surface area contributed by atoms with Crippen LogP contribution in [0, 0.1) is 19.8 Å². The third-order valence-corrected chi connectivity index (χ3v) is 4.78. The summed E-state index contributed by atoms with van der Waals surface area (Å²) in [5.41, 5.74) is 4.62. The zero-order valence-electron chi connectivity index (χ0n) is 16.2. The molecule has 2 heterocycles. The molecule has 0 spiro atoms. The van der Waals surface area contributed by atoms with Crippen LogP contribution in [0.15, 0.2) is 24.3 Å². The molecule has 140 valence electrons. The molecule has 1 aliphatic heterocycles. The zero-order chi connectivity index (χ0) is 18.7. The number of nitrogens with zero attached hydrogens (tertiary/aromatic N) is 2. The van der Waals surface area contributed by atoms with E-state index in [-0.39, 0.29) is 12.0 Å². The normalized spacial score (nSPS) is 17.0. The molecule has 1 aromatic heterocycles. The third kappa shape index (κ3) is 4.15. The average Bonchev–Trinajstić information content (AvgIpc) is 3.20. The lowest BCUT2D eigenvalue weighted by molar-refractivity contribution is 0.0856. The number of aryl methyl sites for hydroxylation is 1. The Morgan fingerprint density at radius 2 is 2.19 bits per heavy atom. The molecule has 1 amide bonds. The van der Waals surface area contributed by atoms with Crippen LogP contribution in [-0.4, -0.2) is 34.9 Å². The molecule has 26 heavy (non-hydrogen) atoms. The van der Waals surface area contributed by atoms with Crippen LogP contribution in [0.4, 0.5) is 0 Å². The molecule has 5 nitrogen and oxygen atoms in total. The molecule has 1 aromatic carbocycles. The first-order valence-electron chi connectivity index (χ1n) is 9.51. The summed E-state index contributed by atoms with van der Waals surface area (Å²) in [6, 6.07) is 8.20. The molecular formula is C21H29N3O2.